The van der Waals surface area contributed by atoms with Gasteiger partial charge in [-0.2, -0.15) is 9.61 Å². The van der Waals surface area contributed by atoms with E-state index in [1.54, 1.807) is 0 Å². The lowest BCUT2D eigenvalue weighted by atomic mass is 10.2. The van der Waals surface area contributed by atoms with Crippen molar-refractivity contribution < 1.29 is 5.11 Å². The molecule has 18 heavy (non-hydrogen) atoms. The molecule has 0 aliphatic rings. The molecule has 0 aliphatic carbocycles. The molecule has 4 nitrogen and oxygen atoms in total. The van der Waals surface area contributed by atoms with Gasteiger partial charge in [0.05, 0.1) is 5.69 Å². The minimum absolute atomic E-state index is 0.152. The van der Waals surface area contributed by atoms with Crippen LogP contribution in [0.15, 0.2) is 36.4 Å². The Balaban J connectivity index is 2.27. The number of benzene rings is 1. The summed E-state index contributed by atoms with van der Waals surface area (Å²) in [6.07, 6.45) is 0. The van der Waals surface area contributed by atoms with Crippen molar-refractivity contribution in [2.75, 3.05) is 0 Å². The molecule has 3 aromatic rings. The summed E-state index contributed by atoms with van der Waals surface area (Å²) in [7, 11) is 0. The van der Waals surface area contributed by atoms with Gasteiger partial charge in [-0.1, -0.05) is 30.3 Å². The second-order valence-electron chi connectivity index (χ2n) is 4.31. The van der Waals surface area contributed by atoms with Crippen LogP contribution < -0.4 is 0 Å². The number of rotatable bonds is 1. The zero-order valence-corrected chi connectivity index (χ0v) is 10.3. The minimum atomic E-state index is 0.152. The topological polar surface area (TPSA) is 50.4 Å². The maximum absolute atomic E-state index is 10.1. The Kier molecular flexibility index (Phi) is 2.30. The molecular weight excluding hydrogens is 226 g/mol. The summed E-state index contributed by atoms with van der Waals surface area (Å²) in [4.78, 5) is 4.42. The predicted molar refractivity (Wildman–Crippen MR) is 69.6 cm³/mol. The van der Waals surface area contributed by atoms with Crippen LogP contribution in [0.4, 0.5) is 0 Å². The van der Waals surface area contributed by atoms with Gasteiger partial charge in [-0.25, -0.2) is 4.98 Å². The first-order valence-electron chi connectivity index (χ1n) is 5.78. The third-order valence-corrected chi connectivity index (χ3v) is 3.12. The van der Waals surface area contributed by atoms with Crippen LogP contribution in [0, 0.1) is 13.8 Å². The van der Waals surface area contributed by atoms with E-state index in [0.29, 0.717) is 5.65 Å². The average Bonchev–Trinajstić information content (AvgIpc) is 2.81. The van der Waals surface area contributed by atoms with Gasteiger partial charge in [-0.05, 0) is 13.8 Å². The van der Waals surface area contributed by atoms with Gasteiger partial charge in [0.2, 0.25) is 5.88 Å². The number of aromatic hydroxyl groups is 1. The lowest BCUT2D eigenvalue weighted by Gasteiger charge is -2.03. The van der Waals surface area contributed by atoms with E-state index in [1.165, 1.54) is 4.52 Å². The Hall–Kier alpha value is -2.36. The maximum atomic E-state index is 10.1. The highest BCUT2D eigenvalue weighted by atomic mass is 16.3. The van der Waals surface area contributed by atoms with Crippen LogP contribution in [0.3, 0.4) is 0 Å². The summed E-state index contributed by atoms with van der Waals surface area (Å²) >= 11 is 0. The molecule has 0 saturated heterocycles. The minimum Gasteiger partial charge on any atom is -0.493 e. The number of hydrogen-bond acceptors (Lipinski definition) is 3. The fourth-order valence-corrected chi connectivity index (χ4v) is 1.93. The van der Waals surface area contributed by atoms with E-state index in [-0.39, 0.29) is 5.88 Å². The lowest BCUT2D eigenvalue weighted by molar-refractivity contribution is 0.430. The number of aromatic nitrogens is 3. The van der Waals surface area contributed by atoms with E-state index < -0.39 is 0 Å². The number of nitrogens with zero attached hydrogens (tertiary/aromatic N) is 3. The Morgan fingerprint density at radius 1 is 1.11 bits per heavy atom. The predicted octanol–water partition coefficient (Wildman–Crippen LogP) is 2.72. The first-order valence-corrected chi connectivity index (χ1v) is 5.78. The van der Waals surface area contributed by atoms with Crippen molar-refractivity contribution in [1.82, 2.24) is 14.6 Å². The highest BCUT2D eigenvalue weighted by Crippen LogP contribution is 2.24. The van der Waals surface area contributed by atoms with Crippen molar-refractivity contribution in [1.29, 1.82) is 0 Å². The molecule has 2 heterocycles. The van der Waals surface area contributed by atoms with Gasteiger partial charge < -0.3 is 5.11 Å². The third-order valence-electron chi connectivity index (χ3n) is 3.12. The van der Waals surface area contributed by atoms with Gasteiger partial charge in [0.15, 0.2) is 5.65 Å². The molecule has 0 amide bonds. The van der Waals surface area contributed by atoms with Gasteiger partial charge >= 0.3 is 0 Å². The molecule has 1 N–H and O–H groups in total. The summed E-state index contributed by atoms with van der Waals surface area (Å²) in [5, 5.41) is 14.4. The summed E-state index contributed by atoms with van der Waals surface area (Å²) in [6.45, 7) is 3.71. The van der Waals surface area contributed by atoms with Crippen molar-refractivity contribution >= 4 is 5.65 Å². The summed E-state index contributed by atoms with van der Waals surface area (Å²) in [6, 6.07) is 11.7. The maximum Gasteiger partial charge on any atom is 0.218 e. The van der Waals surface area contributed by atoms with E-state index in [9.17, 15) is 5.11 Å². The Morgan fingerprint density at radius 3 is 2.56 bits per heavy atom. The van der Waals surface area contributed by atoms with Crippen LogP contribution >= 0.6 is 0 Å². The highest BCUT2D eigenvalue weighted by Gasteiger charge is 2.11. The van der Waals surface area contributed by atoms with Crippen molar-refractivity contribution in [3.8, 4) is 17.1 Å². The second kappa shape index (κ2) is 3.84. The monoisotopic (exact) mass is 239 g/mol. The molecule has 0 unspecified atom stereocenters. The van der Waals surface area contributed by atoms with Crippen molar-refractivity contribution in [3.05, 3.63) is 47.7 Å². The molecule has 0 atom stereocenters. The Morgan fingerprint density at radius 2 is 1.83 bits per heavy atom. The number of hydrogen-bond donors (Lipinski definition) is 1. The fraction of sp³-hybridized carbons (Fsp3) is 0.143. The molecule has 0 radical (unpaired) electrons. The highest BCUT2D eigenvalue weighted by molar-refractivity contribution is 5.64. The number of aryl methyl sites for hydroxylation is 1. The molecule has 0 saturated carbocycles. The normalized spacial score (nSPS) is 11.0. The summed E-state index contributed by atoms with van der Waals surface area (Å²) in [5.74, 6) is 0.152. The zero-order valence-electron chi connectivity index (χ0n) is 10.3. The molecule has 1 aromatic carbocycles. The molecule has 2 aromatic heterocycles. The van der Waals surface area contributed by atoms with Crippen LogP contribution in [0.2, 0.25) is 0 Å². The molecule has 4 heteroatoms. The molecule has 0 aliphatic heterocycles. The van der Waals surface area contributed by atoms with Crippen molar-refractivity contribution in [2.24, 2.45) is 0 Å². The first kappa shape index (κ1) is 10.8. The molecule has 90 valence electrons. The molecular formula is C14H13N3O. The van der Waals surface area contributed by atoms with Crippen LogP contribution in [0.25, 0.3) is 16.9 Å². The van der Waals surface area contributed by atoms with E-state index in [1.807, 2.05) is 50.2 Å². The zero-order chi connectivity index (χ0) is 12.7. The molecule has 0 fully saturated rings. The quantitative estimate of drug-likeness (QED) is 0.710. The Labute approximate surface area is 105 Å². The van der Waals surface area contributed by atoms with Crippen LogP contribution in [-0.2, 0) is 0 Å². The summed E-state index contributed by atoms with van der Waals surface area (Å²) in [5.41, 5.74) is 4.06. The molecule has 3 rings (SSSR count). The van der Waals surface area contributed by atoms with Crippen LogP contribution in [-0.4, -0.2) is 19.7 Å². The third kappa shape index (κ3) is 1.54. The van der Waals surface area contributed by atoms with Gasteiger partial charge in [0, 0.05) is 22.9 Å². The fourth-order valence-electron chi connectivity index (χ4n) is 1.93. The average molecular weight is 239 g/mol. The SMILES string of the molecule is Cc1nc2cc(-c3ccccc3)nn2c(O)c1C. The number of fused-ring (bicyclic) bond motifs is 1. The van der Waals surface area contributed by atoms with Gasteiger partial charge in [-0.15, -0.1) is 0 Å². The summed E-state index contributed by atoms with van der Waals surface area (Å²) < 4.78 is 1.48. The molecule has 0 spiro atoms. The first-order chi connectivity index (χ1) is 8.66. The van der Waals surface area contributed by atoms with Gasteiger partial charge in [-0.3, -0.25) is 0 Å². The van der Waals surface area contributed by atoms with Crippen molar-refractivity contribution in [3.63, 3.8) is 0 Å². The van der Waals surface area contributed by atoms with E-state index in [0.717, 1.165) is 22.5 Å². The Bertz CT molecular complexity index is 717. The van der Waals surface area contributed by atoms with E-state index in [4.69, 9.17) is 0 Å². The van der Waals surface area contributed by atoms with Crippen LogP contribution in [0.5, 0.6) is 5.88 Å². The van der Waals surface area contributed by atoms with Crippen molar-refractivity contribution in [2.45, 2.75) is 13.8 Å². The van der Waals surface area contributed by atoms with E-state index in [2.05, 4.69) is 10.1 Å². The smallest absolute Gasteiger partial charge is 0.218 e. The second-order valence-corrected chi connectivity index (χ2v) is 4.31. The van der Waals surface area contributed by atoms with Gasteiger partial charge in [0.1, 0.15) is 0 Å². The molecule has 0 bridgehead atoms. The lowest BCUT2D eigenvalue weighted by Crippen LogP contribution is -1.97. The largest absolute Gasteiger partial charge is 0.493 e. The van der Waals surface area contributed by atoms with E-state index >= 15 is 0 Å². The van der Waals surface area contributed by atoms with Crippen LogP contribution in [0.1, 0.15) is 11.3 Å². The van der Waals surface area contributed by atoms with Gasteiger partial charge in [0.25, 0.3) is 0 Å². The standard InChI is InChI=1S/C14H13N3O/c1-9-10(2)15-13-8-12(16-17(13)14(9)18)11-6-4-3-5-7-11/h3-8,18H,1-2H3.